The Balaban J connectivity index is 1.63. The van der Waals surface area contributed by atoms with Gasteiger partial charge in [-0.15, -0.1) is 0 Å². The van der Waals surface area contributed by atoms with Crippen LogP contribution in [0.2, 0.25) is 0 Å². The van der Waals surface area contributed by atoms with Crippen LogP contribution >= 0.6 is 0 Å². The predicted octanol–water partition coefficient (Wildman–Crippen LogP) is 1.53. The molecule has 5 nitrogen and oxygen atoms in total. The molecule has 2 N–H and O–H groups in total. The summed E-state index contributed by atoms with van der Waals surface area (Å²) in [5.74, 6) is 0.562. The van der Waals surface area contributed by atoms with Crippen molar-refractivity contribution in [3.8, 4) is 0 Å². The molecule has 5 heteroatoms. The van der Waals surface area contributed by atoms with Gasteiger partial charge in [0.1, 0.15) is 0 Å². The van der Waals surface area contributed by atoms with Gasteiger partial charge in [-0.3, -0.25) is 14.5 Å². The summed E-state index contributed by atoms with van der Waals surface area (Å²) in [6, 6.07) is 0.283. The Morgan fingerprint density at radius 3 is 2.36 bits per heavy atom. The number of piperidine rings is 1. The second-order valence-corrected chi connectivity index (χ2v) is 7.68. The number of hydrogen-bond donors (Lipinski definition) is 2. The van der Waals surface area contributed by atoms with E-state index < -0.39 is 0 Å². The number of nitrogens with one attached hydrogen (secondary N) is 2. The van der Waals surface area contributed by atoms with E-state index in [1.165, 1.54) is 0 Å². The summed E-state index contributed by atoms with van der Waals surface area (Å²) in [6.45, 7) is 9.51. The largest absolute Gasteiger partial charge is 0.355 e. The molecule has 2 fully saturated rings. The van der Waals surface area contributed by atoms with Gasteiger partial charge in [0.25, 0.3) is 0 Å². The molecule has 0 spiro atoms. The molecule has 126 valence electrons. The Kier molecular flexibility index (Phi) is 5.84. The van der Waals surface area contributed by atoms with E-state index >= 15 is 0 Å². The summed E-state index contributed by atoms with van der Waals surface area (Å²) in [5.41, 5.74) is 0.344. The average Bonchev–Trinajstić information content (AvgIpc) is 2.44. The van der Waals surface area contributed by atoms with Crippen molar-refractivity contribution in [1.82, 2.24) is 15.5 Å². The molecule has 1 saturated heterocycles. The molecule has 0 unspecified atom stereocenters. The average molecular weight is 309 g/mol. The minimum Gasteiger partial charge on any atom is -0.355 e. The summed E-state index contributed by atoms with van der Waals surface area (Å²) in [6.07, 6.45) is 4.88. The van der Waals surface area contributed by atoms with Crippen molar-refractivity contribution in [2.45, 2.75) is 58.9 Å². The van der Waals surface area contributed by atoms with Gasteiger partial charge < -0.3 is 10.6 Å². The number of hydrogen-bond acceptors (Lipinski definition) is 3. The molecule has 0 atom stereocenters. The standard InChI is InChI=1S/C17H31N3O2/c1-4-7-18-15(21)12-20-8-5-14(6-9-20)19-16(22)13-10-17(2,3)11-13/h13-14H,4-12H2,1-3H3,(H,18,21)(H,19,22). The number of amides is 2. The highest BCUT2D eigenvalue weighted by atomic mass is 16.2. The van der Waals surface area contributed by atoms with E-state index in [2.05, 4.69) is 36.3 Å². The van der Waals surface area contributed by atoms with Gasteiger partial charge in [0.15, 0.2) is 0 Å². The van der Waals surface area contributed by atoms with Gasteiger partial charge in [-0.1, -0.05) is 20.8 Å². The van der Waals surface area contributed by atoms with Crippen molar-refractivity contribution in [1.29, 1.82) is 0 Å². The molecule has 1 saturated carbocycles. The highest BCUT2D eigenvalue weighted by Crippen LogP contribution is 2.44. The normalized spacial score (nSPS) is 22.9. The summed E-state index contributed by atoms with van der Waals surface area (Å²) in [4.78, 5) is 26.1. The van der Waals surface area contributed by atoms with E-state index in [4.69, 9.17) is 0 Å². The molecule has 22 heavy (non-hydrogen) atoms. The molecular weight excluding hydrogens is 278 g/mol. The van der Waals surface area contributed by atoms with E-state index in [1.54, 1.807) is 0 Å². The zero-order valence-corrected chi connectivity index (χ0v) is 14.3. The molecule has 0 radical (unpaired) electrons. The van der Waals surface area contributed by atoms with Crippen molar-refractivity contribution < 1.29 is 9.59 Å². The molecule has 1 aliphatic carbocycles. The fourth-order valence-electron chi connectivity index (χ4n) is 3.54. The molecule has 1 aliphatic heterocycles. The zero-order valence-electron chi connectivity index (χ0n) is 14.3. The van der Waals surface area contributed by atoms with Gasteiger partial charge >= 0.3 is 0 Å². The Morgan fingerprint density at radius 1 is 1.18 bits per heavy atom. The van der Waals surface area contributed by atoms with Crippen LogP contribution in [0.5, 0.6) is 0 Å². The van der Waals surface area contributed by atoms with Crippen LogP contribution in [0.3, 0.4) is 0 Å². The Bertz CT molecular complexity index is 393. The summed E-state index contributed by atoms with van der Waals surface area (Å²) in [5, 5.41) is 6.11. The first-order valence-corrected chi connectivity index (χ1v) is 8.69. The third-order valence-corrected chi connectivity index (χ3v) is 4.84. The fourth-order valence-corrected chi connectivity index (χ4v) is 3.54. The predicted molar refractivity (Wildman–Crippen MR) is 87.4 cm³/mol. The Morgan fingerprint density at radius 2 is 1.82 bits per heavy atom. The van der Waals surface area contributed by atoms with Crippen molar-refractivity contribution in [3.05, 3.63) is 0 Å². The summed E-state index contributed by atoms with van der Waals surface area (Å²) < 4.78 is 0. The van der Waals surface area contributed by atoms with Crippen LogP contribution in [-0.2, 0) is 9.59 Å². The van der Waals surface area contributed by atoms with Crippen molar-refractivity contribution in [2.24, 2.45) is 11.3 Å². The van der Waals surface area contributed by atoms with Crippen LogP contribution in [0.25, 0.3) is 0 Å². The smallest absolute Gasteiger partial charge is 0.234 e. The monoisotopic (exact) mass is 309 g/mol. The number of carbonyl (C=O) groups is 2. The van der Waals surface area contributed by atoms with Gasteiger partial charge in [-0.25, -0.2) is 0 Å². The molecule has 0 aromatic heterocycles. The minimum absolute atomic E-state index is 0.112. The number of carbonyl (C=O) groups excluding carboxylic acids is 2. The van der Waals surface area contributed by atoms with E-state index in [9.17, 15) is 9.59 Å². The van der Waals surface area contributed by atoms with Crippen molar-refractivity contribution in [2.75, 3.05) is 26.2 Å². The van der Waals surface area contributed by atoms with Crippen molar-refractivity contribution in [3.63, 3.8) is 0 Å². The van der Waals surface area contributed by atoms with E-state index in [-0.39, 0.29) is 23.8 Å². The van der Waals surface area contributed by atoms with Crippen LogP contribution in [0, 0.1) is 11.3 Å². The lowest BCUT2D eigenvalue weighted by Crippen LogP contribution is -2.50. The highest BCUT2D eigenvalue weighted by Gasteiger charge is 2.40. The van der Waals surface area contributed by atoms with Crippen molar-refractivity contribution >= 4 is 11.8 Å². The third kappa shape index (κ3) is 4.97. The van der Waals surface area contributed by atoms with E-state index in [1.807, 2.05) is 0 Å². The van der Waals surface area contributed by atoms with Gasteiger partial charge in [-0.2, -0.15) is 0 Å². The van der Waals surface area contributed by atoms with Gasteiger partial charge in [0.2, 0.25) is 11.8 Å². The second-order valence-electron chi connectivity index (χ2n) is 7.68. The maximum Gasteiger partial charge on any atom is 0.234 e. The molecular formula is C17H31N3O2. The van der Waals surface area contributed by atoms with Gasteiger partial charge in [0.05, 0.1) is 6.54 Å². The van der Waals surface area contributed by atoms with Crippen LogP contribution in [0.15, 0.2) is 0 Å². The summed E-state index contributed by atoms with van der Waals surface area (Å²) in [7, 11) is 0. The maximum absolute atomic E-state index is 12.2. The number of likely N-dealkylation sites (tertiary alicyclic amines) is 1. The maximum atomic E-state index is 12.2. The second kappa shape index (κ2) is 7.44. The lowest BCUT2D eigenvalue weighted by Gasteiger charge is -2.42. The molecule has 0 aromatic carbocycles. The number of nitrogens with zero attached hydrogens (tertiary/aromatic N) is 1. The SMILES string of the molecule is CCCNC(=O)CN1CCC(NC(=O)C2CC(C)(C)C2)CC1. The molecule has 2 amide bonds. The highest BCUT2D eigenvalue weighted by molar-refractivity contribution is 5.80. The minimum atomic E-state index is 0.112. The van der Waals surface area contributed by atoms with E-state index in [0.717, 1.165) is 51.7 Å². The fraction of sp³-hybridized carbons (Fsp3) is 0.882. The van der Waals surface area contributed by atoms with Crippen LogP contribution in [0.4, 0.5) is 0 Å². The Labute approximate surface area is 134 Å². The molecule has 0 aromatic rings. The number of rotatable bonds is 6. The molecule has 2 aliphatic rings. The molecule has 0 bridgehead atoms. The molecule has 2 rings (SSSR count). The van der Waals surface area contributed by atoms with Crippen LogP contribution in [-0.4, -0.2) is 48.9 Å². The lowest BCUT2D eigenvalue weighted by atomic mass is 9.64. The van der Waals surface area contributed by atoms with Crippen LogP contribution in [0.1, 0.15) is 52.9 Å². The quantitative estimate of drug-likeness (QED) is 0.782. The topological polar surface area (TPSA) is 61.4 Å². The van der Waals surface area contributed by atoms with E-state index in [0.29, 0.717) is 12.0 Å². The first kappa shape index (κ1) is 17.3. The molecule has 1 heterocycles. The summed E-state index contributed by atoms with van der Waals surface area (Å²) >= 11 is 0. The lowest BCUT2D eigenvalue weighted by molar-refractivity contribution is -0.132. The van der Waals surface area contributed by atoms with Gasteiger partial charge in [-0.05, 0) is 37.5 Å². The van der Waals surface area contributed by atoms with Crippen LogP contribution < -0.4 is 10.6 Å². The first-order chi connectivity index (χ1) is 10.4. The zero-order chi connectivity index (χ0) is 16.2. The first-order valence-electron chi connectivity index (χ1n) is 8.69. The van der Waals surface area contributed by atoms with Gasteiger partial charge in [0, 0.05) is 31.6 Å². The Hall–Kier alpha value is -1.10. The third-order valence-electron chi connectivity index (χ3n) is 4.84.